The number of phenols is 1. The van der Waals surface area contributed by atoms with Crippen molar-refractivity contribution in [3.8, 4) is 11.5 Å². The minimum Gasteiger partial charge on any atom is -0.500 e. The van der Waals surface area contributed by atoms with Crippen LogP contribution in [-0.4, -0.2) is 22.9 Å². The van der Waals surface area contributed by atoms with E-state index in [1.54, 1.807) is 12.1 Å². The third-order valence-electron chi connectivity index (χ3n) is 4.05. The van der Waals surface area contributed by atoms with Crippen LogP contribution >= 0.6 is 0 Å². The molecule has 6 heteroatoms. The molecule has 2 aromatic carbocycles. The molecule has 0 unspecified atom stereocenters. The van der Waals surface area contributed by atoms with Gasteiger partial charge in [0.15, 0.2) is 11.5 Å². The highest BCUT2D eigenvalue weighted by Crippen LogP contribution is 2.38. The summed E-state index contributed by atoms with van der Waals surface area (Å²) < 4.78 is 4.98. The second-order valence-corrected chi connectivity index (χ2v) is 5.50. The monoisotopic (exact) mass is 325 g/mol. The van der Waals surface area contributed by atoms with E-state index in [0.29, 0.717) is 23.1 Å². The Morgan fingerprint density at radius 1 is 1.25 bits per heavy atom. The summed E-state index contributed by atoms with van der Waals surface area (Å²) in [7, 11) is 1.32. The number of carbonyl (C=O) groups is 1. The molecule has 0 spiro atoms. The van der Waals surface area contributed by atoms with E-state index in [-0.39, 0.29) is 11.5 Å². The summed E-state index contributed by atoms with van der Waals surface area (Å²) in [6.45, 7) is 0. The van der Waals surface area contributed by atoms with E-state index < -0.39 is 16.4 Å². The van der Waals surface area contributed by atoms with Crippen LogP contribution in [0.4, 0.5) is 5.69 Å². The molecular weight excluding hydrogens is 310 g/mol. The number of hydrogen-bond acceptors (Lipinski definition) is 5. The standard InChI is InChI=1S/C18H15NO5/c1-24-16-10-11(9-15(18(16)21)19(22)23)8-13-7-6-12-4-2-3-5-14(12)17(13)20/h2-5,8-10,21H,6-7H2,1H3. The quantitative estimate of drug-likeness (QED) is 0.530. The first-order chi connectivity index (χ1) is 11.5. The zero-order valence-corrected chi connectivity index (χ0v) is 13.0. The first-order valence-electron chi connectivity index (χ1n) is 7.40. The zero-order chi connectivity index (χ0) is 17.3. The van der Waals surface area contributed by atoms with Crippen LogP contribution < -0.4 is 4.74 Å². The molecule has 6 nitrogen and oxygen atoms in total. The van der Waals surface area contributed by atoms with Crippen LogP contribution in [0.15, 0.2) is 42.0 Å². The number of nitro benzene ring substituents is 1. The SMILES string of the molecule is COc1cc(C=C2CCc3ccccc3C2=O)cc([N+](=O)[O-])c1O. The maximum Gasteiger partial charge on any atom is 0.315 e. The summed E-state index contributed by atoms with van der Waals surface area (Å²) in [4.78, 5) is 23.0. The number of rotatable bonds is 3. The van der Waals surface area contributed by atoms with E-state index in [1.165, 1.54) is 19.2 Å². The third kappa shape index (κ3) is 2.74. The normalized spacial score (nSPS) is 15.2. The minimum absolute atomic E-state index is 0.000270. The van der Waals surface area contributed by atoms with E-state index in [9.17, 15) is 20.0 Å². The van der Waals surface area contributed by atoms with Crippen molar-refractivity contribution in [3.05, 3.63) is 68.8 Å². The maximum atomic E-state index is 12.6. The van der Waals surface area contributed by atoms with Gasteiger partial charge < -0.3 is 9.84 Å². The molecule has 122 valence electrons. The molecule has 0 aliphatic heterocycles. The Morgan fingerprint density at radius 3 is 2.71 bits per heavy atom. The molecule has 2 aromatic rings. The van der Waals surface area contributed by atoms with Crippen molar-refractivity contribution in [2.45, 2.75) is 12.8 Å². The predicted octanol–water partition coefficient (Wildman–Crippen LogP) is 3.52. The Kier molecular flexibility index (Phi) is 4.04. The molecule has 0 radical (unpaired) electrons. The number of nitrogens with zero attached hydrogens (tertiary/aromatic N) is 1. The Balaban J connectivity index is 2.05. The van der Waals surface area contributed by atoms with Gasteiger partial charge in [-0.05, 0) is 36.1 Å². The van der Waals surface area contributed by atoms with E-state index in [2.05, 4.69) is 0 Å². The van der Waals surface area contributed by atoms with Gasteiger partial charge >= 0.3 is 5.69 Å². The zero-order valence-electron chi connectivity index (χ0n) is 13.0. The number of aryl methyl sites for hydroxylation is 1. The van der Waals surface area contributed by atoms with Gasteiger partial charge in [-0.25, -0.2) is 0 Å². The molecule has 0 amide bonds. The van der Waals surface area contributed by atoms with Gasteiger partial charge in [0, 0.05) is 17.2 Å². The molecule has 1 aliphatic carbocycles. The average molecular weight is 325 g/mol. The largest absolute Gasteiger partial charge is 0.500 e. The third-order valence-corrected chi connectivity index (χ3v) is 4.05. The number of hydrogen-bond donors (Lipinski definition) is 1. The summed E-state index contributed by atoms with van der Waals surface area (Å²) >= 11 is 0. The molecule has 1 aliphatic rings. The highest BCUT2D eigenvalue weighted by Gasteiger charge is 2.23. The van der Waals surface area contributed by atoms with E-state index in [1.807, 2.05) is 18.2 Å². The van der Waals surface area contributed by atoms with E-state index >= 15 is 0 Å². The lowest BCUT2D eigenvalue weighted by Gasteiger charge is -2.17. The molecule has 24 heavy (non-hydrogen) atoms. The Bertz CT molecular complexity index is 870. The molecule has 0 saturated heterocycles. The highest BCUT2D eigenvalue weighted by atomic mass is 16.6. The molecule has 0 bridgehead atoms. The van der Waals surface area contributed by atoms with E-state index in [4.69, 9.17) is 4.74 Å². The number of aromatic hydroxyl groups is 1. The van der Waals surface area contributed by atoms with Crippen LogP contribution in [0.25, 0.3) is 6.08 Å². The smallest absolute Gasteiger partial charge is 0.315 e. The second-order valence-electron chi connectivity index (χ2n) is 5.50. The predicted molar refractivity (Wildman–Crippen MR) is 88.4 cm³/mol. The lowest BCUT2D eigenvalue weighted by Crippen LogP contribution is -2.13. The topological polar surface area (TPSA) is 89.7 Å². The van der Waals surface area contributed by atoms with Gasteiger partial charge in [0.25, 0.3) is 0 Å². The summed E-state index contributed by atoms with van der Waals surface area (Å²) in [5, 5.41) is 20.9. The van der Waals surface area contributed by atoms with Gasteiger partial charge in [-0.3, -0.25) is 14.9 Å². The fourth-order valence-electron chi connectivity index (χ4n) is 2.85. The number of carbonyl (C=O) groups excluding carboxylic acids is 1. The summed E-state index contributed by atoms with van der Waals surface area (Å²) in [5.41, 5.74) is 2.24. The molecule has 0 fully saturated rings. The lowest BCUT2D eigenvalue weighted by molar-refractivity contribution is -0.386. The lowest BCUT2D eigenvalue weighted by atomic mass is 9.86. The molecular formula is C18H15NO5. The Hall–Kier alpha value is -3.15. The first kappa shape index (κ1) is 15.7. The van der Waals surface area contributed by atoms with Crippen molar-refractivity contribution >= 4 is 17.5 Å². The number of fused-ring (bicyclic) bond motifs is 1. The number of methoxy groups -OCH3 is 1. The van der Waals surface area contributed by atoms with Gasteiger partial charge in [0.1, 0.15) is 0 Å². The number of ether oxygens (including phenoxy) is 1. The van der Waals surface area contributed by atoms with Gasteiger partial charge in [-0.15, -0.1) is 0 Å². The molecule has 3 rings (SSSR count). The number of phenolic OH excluding ortho intramolecular Hbond substituents is 1. The summed E-state index contributed by atoms with van der Waals surface area (Å²) in [5.74, 6) is -0.601. The number of allylic oxidation sites excluding steroid dienone is 1. The summed E-state index contributed by atoms with van der Waals surface area (Å²) in [6.07, 6.45) is 2.92. The van der Waals surface area contributed by atoms with E-state index in [0.717, 1.165) is 12.0 Å². The minimum atomic E-state index is -0.683. The van der Waals surface area contributed by atoms with Gasteiger partial charge in [-0.2, -0.15) is 0 Å². The van der Waals surface area contributed by atoms with Crippen molar-refractivity contribution in [2.24, 2.45) is 0 Å². The van der Waals surface area contributed by atoms with Crippen LogP contribution in [0.1, 0.15) is 27.9 Å². The van der Waals surface area contributed by atoms with Crippen LogP contribution in [0.3, 0.4) is 0 Å². The number of ketones is 1. The Labute approximate surface area is 138 Å². The molecule has 0 saturated carbocycles. The number of nitro groups is 1. The number of Topliss-reactive ketones (excluding diaryl/α,β-unsaturated/α-hetero) is 1. The Morgan fingerprint density at radius 2 is 2.00 bits per heavy atom. The van der Waals surface area contributed by atoms with Crippen LogP contribution in [0.5, 0.6) is 11.5 Å². The fraction of sp³-hybridized carbons (Fsp3) is 0.167. The van der Waals surface area contributed by atoms with Crippen LogP contribution in [0.2, 0.25) is 0 Å². The van der Waals surface area contributed by atoms with Crippen molar-refractivity contribution in [1.29, 1.82) is 0 Å². The van der Waals surface area contributed by atoms with Gasteiger partial charge in [0.05, 0.1) is 12.0 Å². The van der Waals surface area contributed by atoms with Gasteiger partial charge in [-0.1, -0.05) is 24.3 Å². The number of benzene rings is 2. The van der Waals surface area contributed by atoms with Crippen molar-refractivity contribution < 1.29 is 19.6 Å². The van der Waals surface area contributed by atoms with Crippen molar-refractivity contribution in [3.63, 3.8) is 0 Å². The maximum absolute atomic E-state index is 12.6. The fourth-order valence-corrected chi connectivity index (χ4v) is 2.85. The summed E-state index contributed by atoms with van der Waals surface area (Å²) in [6, 6.07) is 10.1. The highest BCUT2D eigenvalue weighted by molar-refractivity contribution is 6.13. The molecule has 0 aromatic heterocycles. The van der Waals surface area contributed by atoms with Crippen LogP contribution in [0, 0.1) is 10.1 Å². The van der Waals surface area contributed by atoms with Crippen molar-refractivity contribution in [2.75, 3.05) is 7.11 Å². The average Bonchev–Trinajstić information content (AvgIpc) is 2.58. The van der Waals surface area contributed by atoms with Crippen LogP contribution in [-0.2, 0) is 6.42 Å². The first-order valence-corrected chi connectivity index (χ1v) is 7.40. The second kappa shape index (κ2) is 6.16. The van der Waals surface area contributed by atoms with Crippen molar-refractivity contribution in [1.82, 2.24) is 0 Å². The molecule has 0 heterocycles. The molecule has 1 N–H and O–H groups in total. The molecule has 0 atom stereocenters. The van der Waals surface area contributed by atoms with Gasteiger partial charge in [0.2, 0.25) is 5.75 Å².